The van der Waals surface area contributed by atoms with E-state index in [1.165, 1.54) is 11.5 Å². The molecule has 0 spiro atoms. The van der Waals surface area contributed by atoms with Crippen molar-refractivity contribution < 1.29 is 0 Å². The summed E-state index contributed by atoms with van der Waals surface area (Å²) in [5, 5.41) is 4.13. The van der Waals surface area contributed by atoms with E-state index in [4.69, 9.17) is 5.84 Å². The molecule has 3 N–H and O–H groups in total. The van der Waals surface area contributed by atoms with Gasteiger partial charge in [-0.2, -0.15) is 0 Å². The molecule has 14 heavy (non-hydrogen) atoms. The molecular formula is C9H16N4S. The molecule has 1 unspecified atom stereocenters. The van der Waals surface area contributed by atoms with Gasteiger partial charge in [-0.15, -0.1) is 11.7 Å². The molecule has 0 saturated carbocycles. The molecule has 1 aromatic rings. The van der Waals surface area contributed by atoms with Gasteiger partial charge in [0.25, 0.3) is 0 Å². The summed E-state index contributed by atoms with van der Waals surface area (Å²) in [6.45, 7) is 10.0. The second-order valence-electron chi connectivity index (χ2n) is 4.12. The number of nitrogens with one attached hydrogen (secondary N) is 1. The topological polar surface area (TPSA) is 63.8 Å². The Kier molecular flexibility index (Phi) is 3.36. The quantitative estimate of drug-likeness (QED) is 0.453. The minimum atomic E-state index is -0.0655. The highest BCUT2D eigenvalue weighted by Gasteiger charge is 2.25. The Balaban J connectivity index is 3.09. The molecule has 1 rings (SSSR count). The van der Waals surface area contributed by atoms with Crippen LogP contribution in [0.15, 0.2) is 12.7 Å². The van der Waals surface area contributed by atoms with Gasteiger partial charge in [0.1, 0.15) is 0 Å². The number of hydrogen-bond acceptors (Lipinski definition) is 5. The van der Waals surface area contributed by atoms with Crippen LogP contribution in [0.1, 0.15) is 37.4 Å². The van der Waals surface area contributed by atoms with E-state index in [1.807, 2.05) is 0 Å². The van der Waals surface area contributed by atoms with Crippen LogP contribution < -0.4 is 11.3 Å². The second kappa shape index (κ2) is 4.16. The van der Waals surface area contributed by atoms with E-state index in [9.17, 15) is 0 Å². The van der Waals surface area contributed by atoms with E-state index in [0.717, 1.165) is 10.6 Å². The summed E-state index contributed by atoms with van der Waals surface area (Å²) in [7, 11) is 0. The van der Waals surface area contributed by atoms with Gasteiger partial charge in [0.15, 0.2) is 0 Å². The standard InChI is InChI=1S/C9H16N4S/c1-5-6(11-10)7-8(9(2,3)4)12-13-14-7/h5-6,11H,1,10H2,2-4H3. The number of hydrogen-bond donors (Lipinski definition) is 2. The summed E-state index contributed by atoms with van der Waals surface area (Å²) in [4.78, 5) is 1.04. The van der Waals surface area contributed by atoms with Gasteiger partial charge in [0, 0.05) is 5.41 Å². The summed E-state index contributed by atoms with van der Waals surface area (Å²) in [5.74, 6) is 5.42. The monoisotopic (exact) mass is 212 g/mol. The second-order valence-corrected chi connectivity index (χ2v) is 4.90. The van der Waals surface area contributed by atoms with Crippen molar-refractivity contribution in [3.63, 3.8) is 0 Å². The Morgan fingerprint density at radius 3 is 2.64 bits per heavy atom. The number of hydrazine groups is 1. The molecule has 0 aliphatic heterocycles. The minimum Gasteiger partial charge on any atom is -0.271 e. The molecule has 78 valence electrons. The van der Waals surface area contributed by atoms with Crippen molar-refractivity contribution >= 4 is 11.5 Å². The summed E-state index contributed by atoms with van der Waals surface area (Å²) in [6.07, 6.45) is 1.75. The van der Waals surface area contributed by atoms with Crippen molar-refractivity contribution in [2.24, 2.45) is 5.84 Å². The molecule has 0 aliphatic carbocycles. The van der Waals surface area contributed by atoms with E-state index in [-0.39, 0.29) is 11.5 Å². The maximum Gasteiger partial charge on any atom is 0.0860 e. The molecule has 0 fully saturated rings. The molecule has 4 nitrogen and oxygen atoms in total. The molecule has 1 atom stereocenters. The van der Waals surface area contributed by atoms with Gasteiger partial charge in [-0.05, 0) is 11.5 Å². The highest BCUT2D eigenvalue weighted by molar-refractivity contribution is 7.05. The largest absolute Gasteiger partial charge is 0.271 e. The van der Waals surface area contributed by atoms with Crippen LogP contribution in [-0.4, -0.2) is 9.59 Å². The number of aromatic nitrogens is 2. The lowest BCUT2D eigenvalue weighted by Crippen LogP contribution is -2.28. The smallest absolute Gasteiger partial charge is 0.0860 e. The van der Waals surface area contributed by atoms with E-state index >= 15 is 0 Å². The highest BCUT2D eigenvalue weighted by atomic mass is 32.1. The summed E-state index contributed by atoms with van der Waals surface area (Å²) < 4.78 is 3.95. The lowest BCUT2D eigenvalue weighted by Gasteiger charge is -2.19. The maximum atomic E-state index is 5.42. The van der Waals surface area contributed by atoms with Gasteiger partial charge >= 0.3 is 0 Å². The number of rotatable bonds is 3. The van der Waals surface area contributed by atoms with Crippen molar-refractivity contribution in [3.8, 4) is 0 Å². The molecule has 1 heterocycles. The van der Waals surface area contributed by atoms with Crippen LogP contribution >= 0.6 is 11.5 Å². The molecule has 0 bridgehead atoms. The zero-order chi connectivity index (χ0) is 10.8. The van der Waals surface area contributed by atoms with Crippen LogP contribution in [0.4, 0.5) is 0 Å². The third-order valence-electron chi connectivity index (χ3n) is 1.92. The Labute approximate surface area is 88.3 Å². The maximum absolute atomic E-state index is 5.42. The van der Waals surface area contributed by atoms with E-state index in [1.54, 1.807) is 6.08 Å². The van der Waals surface area contributed by atoms with Crippen molar-refractivity contribution in [3.05, 3.63) is 23.2 Å². The minimum absolute atomic E-state index is 0.0134. The van der Waals surface area contributed by atoms with Gasteiger partial charge in [-0.3, -0.25) is 5.84 Å². The SMILES string of the molecule is C=CC(NN)c1snnc1C(C)(C)C. The molecule has 0 aromatic carbocycles. The van der Waals surface area contributed by atoms with Gasteiger partial charge in [0.05, 0.1) is 16.6 Å². The van der Waals surface area contributed by atoms with Crippen LogP contribution in [0, 0.1) is 0 Å². The zero-order valence-corrected chi connectivity index (χ0v) is 9.56. The van der Waals surface area contributed by atoms with Crippen molar-refractivity contribution in [2.45, 2.75) is 32.2 Å². The molecule has 0 amide bonds. The lowest BCUT2D eigenvalue weighted by atomic mass is 9.90. The van der Waals surface area contributed by atoms with Crippen LogP contribution in [0.5, 0.6) is 0 Å². The highest BCUT2D eigenvalue weighted by Crippen LogP contribution is 2.30. The number of nitrogens with two attached hydrogens (primary N) is 1. The summed E-state index contributed by atoms with van der Waals surface area (Å²) in [6, 6.07) is -0.0655. The first kappa shape index (κ1) is 11.3. The average Bonchev–Trinajstić information content (AvgIpc) is 2.54. The third kappa shape index (κ3) is 2.17. The van der Waals surface area contributed by atoms with E-state index < -0.39 is 0 Å². The fourth-order valence-corrected chi connectivity index (χ4v) is 2.09. The van der Waals surface area contributed by atoms with E-state index in [2.05, 4.69) is 42.4 Å². The third-order valence-corrected chi connectivity index (χ3v) is 2.73. The van der Waals surface area contributed by atoms with Gasteiger partial charge in [-0.1, -0.05) is 31.3 Å². The fraction of sp³-hybridized carbons (Fsp3) is 0.556. The molecule has 0 saturated heterocycles. The Morgan fingerprint density at radius 1 is 1.57 bits per heavy atom. The molecule has 1 aromatic heterocycles. The normalized spacial score (nSPS) is 14.0. The molecule has 0 radical (unpaired) electrons. The first-order valence-electron chi connectivity index (χ1n) is 4.42. The predicted octanol–water partition coefficient (Wildman–Crippen LogP) is 1.53. The van der Waals surface area contributed by atoms with Gasteiger partial charge < -0.3 is 0 Å². The summed E-state index contributed by atoms with van der Waals surface area (Å²) in [5.41, 5.74) is 3.64. The summed E-state index contributed by atoms with van der Waals surface area (Å²) >= 11 is 1.36. The fourth-order valence-electron chi connectivity index (χ4n) is 1.17. The van der Waals surface area contributed by atoms with E-state index in [0.29, 0.717) is 0 Å². The van der Waals surface area contributed by atoms with Gasteiger partial charge in [-0.25, -0.2) is 5.43 Å². The Hall–Kier alpha value is -0.780. The lowest BCUT2D eigenvalue weighted by molar-refractivity contribution is 0.546. The molecular weight excluding hydrogens is 196 g/mol. The van der Waals surface area contributed by atoms with Crippen molar-refractivity contribution in [2.75, 3.05) is 0 Å². The predicted molar refractivity (Wildman–Crippen MR) is 58.9 cm³/mol. The first-order valence-corrected chi connectivity index (χ1v) is 5.19. The Morgan fingerprint density at radius 2 is 2.21 bits per heavy atom. The van der Waals surface area contributed by atoms with Crippen LogP contribution in [0.2, 0.25) is 0 Å². The van der Waals surface area contributed by atoms with Crippen LogP contribution in [0.25, 0.3) is 0 Å². The molecule has 5 heteroatoms. The number of nitrogens with zero attached hydrogens (tertiary/aromatic N) is 2. The van der Waals surface area contributed by atoms with Crippen molar-refractivity contribution in [1.29, 1.82) is 0 Å². The first-order chi connectivity index (χ1) is 6.50. The van der Waals surface area contributed by atoms with Crippen LogP contribution in [-0.2, 0) is 5.41 Å². The van der Waals surface area contributed by atoms with Gasteiger partial charge in [0.2, 0.25) is 0 Å². The van der Waals surface area contributed by atoms with Crippen molar-refractivity contribution in [1.82, 2.24) is 15.0 Å². The Bertz CT molecular complexity index is 313. The average molecular weight is 212 g/mol. The van der Waals surface area contributed by atoms with Crippen LogP contribution in [0.3, 0.4) is 0 Å². The zero-order valence-electron chi connectivity index (χ0n) is 8.74. The molecule has 0 aliphatic rings.